The van der Waals surface area contributed by atoms with E-state index >= 15 is 0 Å². The standard InChI is InChI=1S/C32H23ClF3N3O4/c1-18-7-5-11-23-27(22-10-3-4-12-24(22)33)29(38-28(18)23)30(40)39-37-17-19-13-14-25(26(15-19)42-2)43-31(41)20-8-6-9-21(16-20)32(34,35)36/h3-17,38H,1-2H3,(H,39,40). The Labute approximate surface area is 248 Å². The fraction of sp³-hybridized carbons (Fsp3) is 0.0938. The number of hydrazone groups is 1. The molecule has 0 fully saturated rings. The normalized spacial score (nSPS) is 11.6. The lowest BCUT2D eigenvalue weighted by molar-refractivity contribution is -0.137. The number of nitrogens with one attached hydrogen (secondary N) is 2. The fourth-order valence-corrected chi connectivity index (χ4v) is 4.76. The van der Waals surface area contributed by atoms with Crippen molar-refractivity contribution in [1.29, 1.82) is 0 Å². The summed E-state index contributed by atoms with van der Waals surface area (Å²) >= 11 is 6.49. The average Bonchev–Trinajstić information content (AvgIpc) is 3.38. The number of para-hydroxylation sites is 1. The van der Waals surface area contributed by atoms with Crippen LogP contribution in [0.4, 0.5) is 13.2 Å². The van der Waals surface area contributed by atoms with Crippen LogP contribution in [0.15, 0.2) is 90.0 Å². The third-order valence-electron chi connectivity index (χ3n) is 6.61. The van der Waals surface area contributed by atoms with Gasteiger partial charge in [-0.1, -0.05) is 54.1 Å². The van der Waals surface area contributed by atoms with Gasteiger partial charge in [-0.3, -0.25) is 4.79 Å². The lowest BCUT2D eigenvalue weighted by Gasteiger charge is -2.11. The number of halogens is 4. The van der Waals surface area contributed by atoms with Crippen LogP contribution < -0.4 is 14.9 Å². The molecule has 0 aliphatic carbocycles. The molecule has 1 heterocycles. The molecule has 0 aliphatic heterocycles. The SMILES string of the molecule is COc1cc(C=NNC(=O)c2[nH]c3c(C)cccc3c2-c2ccccc2Cl)ccc1OC(=O)c1cccc(C(F)(F)F)c1. The molecule has 43 heavy (non-hydrogen) atoms. The number of amides is 1. The minimum atomic E-state index is -4.60. The Balaban J connectivity index is 1.35. The number of rotatable bonds is 7. The zero-order valence-electron chi connectivity index (χ0n) is 22.8. The summed E-state index contributed by atoms with van der Waals surface area (Å²) in [5, 5.41) is 5.39. The Morgan fingerprint density at radius 2 is 1.72 bits per heavy atom. The van der Waals surface area contributed by atoms with Crippen LogP contribution in [0.25, 0.3) is 22.0 Å². The number of H-pyrrole nitrogens is 1. The molecule has 5 rings (SSSR count). The Kier molecular flexibility index (Phi) is 8.22. The number of esters is 1. The molecule has 1 amide bonds. The fourth-order valence-electron chi connectivity index (χ4n) is 4.53. The Hall–Kier alpha value is -5.09. The maximum absolute atomic E-state index is 13.3. The van der Waals surface area contributed by atoms with Gasteiger partial charge in [-0.05, 0) is 60.5 Å². The van der Waals surface area contributed by atoms with Crippen LogP contribution in [0.2, 0.25) is 5.02 Å². The molecule has 218 valence electrons. The van der Waals surface area contributed by atoms with Crippen molar-refractivity contribution >= 4 is 40.6 Å². The molecule has 0 unspecified atom stereocenters. The summed E-state index contributed by atoms with van der Waals surface area (Å²) in [5.74, 6) is -1.37. The van der Waals surface area contributed by atoms with E-state index in [9.17, 15) is 22.8 Å². The number of carbonyl (C=O) groups excluding carboxylic acids is 2. The van der Waals surface area contributed by atoms with Gasteiger partial charge in [-0.25, -0.2) is 10.2 Å². The van der Waals surface area contributed by atoms with Crippen molar-refractivity contribution in [3.8, 4) is 22.6 Å². The lowest BCUT2D eigenvalue weighted by Crippen LogP contribution is -2.19. The molecular weight excluding hydrogens is 583 g/mol. The number of nitrogens with zero attached hydrogens (tertiary/aromatic N) is 1. The second kappa shape index (κ2) is 12.0. The van der Waals surface area contributed by atoms with Gasteiger partial charge in [0, 0.05) is 27.1 Å². The summed E-state index contributed by atoms with van der Waals surface area (Å²) in [6.45, 7) is 1.93. The first-order valence-corrected chi connectivity index (χ1v) is 13.2. The van der Waals surface area contributed by atoms with Crippen LogP contribution in [0.5, 0.6) is 11.5 Å². The molecule has 0 radical (unpaired) electrons. The first-order valence-electron chi connectivity index (χ1n) is 12.8. The lowest BCUT2D eigenvalue weighted by atomic mass is 10.0. The second-order valence-electron chi connectivity index (χ2n) is 9.43. The van der Waals surface area contributed by atoms with E-state index in [0.717, 1.165) is 28.6 Å². The van der Waals surface area contributed by atoms with Crippen molar-refractivity contribution < 1.29 is 32.2 Å². The van der Waals surface area contributed by atoms with Crippen LogP contribution >= 0.6 is 11.6 Å². The summed E-state index contributed by atoms with van der Waals surface area (Å²) in [5.41, 5.74) is 5.13. The average molecular weight is 606 g/mol. The van der Waals surface area contributed by atoms with Crippen LogP contribution in [-0.2, 0) is 6.18 Å². The van der Waals surface area contributed by atoms with E-state index in [1.165, 1.54) is 37.6 Å². The minimum absolute atomic E-state index is 0.0103. The molecule has 11 heteroatoms. The molecule has 5 aromatic rings. The van der Waals surface area contributed by atoms with Crippen molar-refractivity contribution in [3.63, 3.8) is 0 Å². The maximum atomic E-state index is 13.3. The van der Waals surface area contributed by atoms with Crippen molar-refractivity contribution in [2.75, 3.05) is 7.11 Å². The smallest absolute Gasteiger partial charge is 0.416 e. The number of fused-ring (bicyclic) bond motifs is 1. The molecule has 0 spiro atoms. The van der Waals surface area contributed by atoms with E-state index in [-0.39, 0.29) is 22.8 Å². The van der Waals surface area contributed by atoms with Gasteiger partial charge >= 0.3 is 12.1 Å². The van der Waals surface area contributed by atoms with Crippen LogP contribution in [-0.4, -0.2) is 30.2 Å². The first-order chi connectivity index (χ1) is 20.6. The largest absolute Gasteiger partial charge is 0.493 e. The van der Waals surface area contributed by atoms with Gasteiger partial charge in [0.15, 0.2) is 11.5 Å². The summed E-state index contributed by atoms with van der Waals surface area (Å²) in [7, 11) is 1.34. The van der Waals surface area contributed by atoms with E-state index in [1.807, 2.05) is 43.3 Å². The van der Waals surface area contributed by atoms with Gasteiger partial charge < -0.3 is 14.5 Å². The Morgan fingerprint density at radius 3 is 2.47 bits per heavy atom. The van der Waals surface area contributed by atoms with Crippen molar-refractivity contribution in [2.24, 2.45) is 5.10 Å². The number of carbonyl (C=O) groups is 2. The molecule has 0 bridgehead atoms. The maximum Gasteiger partial charge on any atom is 0.416 e. The van der Waals surface area contributed by atoms with Gasteiger partial charge in [-0.15, -0.1) is 0 Å². The van der Waals surface area contributed by atoms with Crippen molar-refractivity contribution in [1.82, 2.24) is 10.4 Å². The van der Waals surface area contributed by atoms with Gasteiger partial charge in [-0.2, -0.15) is 18.3 Å². The molecule has 0 atom stereocenters. The molecule has 4 aromatic carbocycles. The second-order valence-corrected chi connectivity index (χ2v) is 9.84. The zero-order valence-corrected chi connectivity index (χ0v) is 23.5. The number of alkyl halides is 3. The number of benzene rings is 4. The predicted molar refractivity (Wildman–Crippen MR) is 158 cm³/mol. The molecule has 0 saturated carbocycles. The third-order valence-corrected chi connectivity index (χ3v) is 6.94. The number of ether oxygens (including phenoxy) is 2. The zero-order chi connectivity index (χ0) is 30.7. The summed E-state index contributed by atoms with van der Waals surface area (Å²) in [4.78, 5) is 29.0. The highest BCUT2D eigenvalue weighted by Gasteiger charge is 2.31. The quantitative estimate of drug-likeness (QED) is 0.0856. The third kappa shape index (κ3) is 6.24. The summed E-state index contributed by atoms with van der Waals surface area (Å²) in [6, 6.07) is 21.3. The highest BCUT2D eigenvalue weighted by atomic mass is 35.5. The minimum Gasteiger partial charge on any atom is -0.493 e. The highest BCUT2D eigenvalue weighted by Crippen LogP contribution is 2.37. The van der Waals surface area contributed by atoms with Crippen molar-refractivity contribution in [2.45, 2.75) is 13.1 Å². The van der Waals surface area contributed by atoms with Crippen molar-refractivity contribution in [3.05, 3.63) is 118 Å². The van der Waals surface area contributed by atoms with Crippen LogP contribution in [0.3, 0.4) is 0 Å². The molecule has 0 aliphatic rings. The molecule has 0 saturated heterocycles. The number of aromatic nitrogens is 1. The van der Waals surface area contributed by atoms with Crippen LogP contribution in [0, 0.1) is 6.92 Å². The molecule has 1 aromatic heterocycles. The Bertz CT molecular complexity index is 1880. The van der Waals surface area contributed by atoms with Gasteiger partial charge in [0.05, 0.1) is 24.5 Å². The number of methoxy groups -OCH3 is 1. The first kappa shape index (κ1) is 29.4. The molecule has 2 N–H and O–H groups in total. The highest BCUT2D eigenvalue weighted by molar-refractivity contribution is 6.34. The summed E-state index contributed by atoms with van der Waals surface area (Å²) < 4.78 is 49.7. The molecular formula is C32H23ClF3N3O4. The van der Waals surface area contributed by atoms with E-state index < -0.39 is 23.6 Å². The van der Waals surface area contributed by atoms with Crippen LogP contribution in [0.1, 0.15) is 37.5 Å². The number of aryl methyl sites for hydroxylation is 1. The van der Waals surface area contributed by atoms with Gasteiger partial charge in [0.25, 0.3) is 5.91 Å². The Morgan fingerprint density at radius 1 is 0.953 bits per heavy atom. The number of hydrogen-bond acceptors (Lipinski definition) is 5. The van der Waals surface area contributed by atoms with E-state index in [1.54, 1.807) is 6.07 Å². The van der Waals surface area contributed by atoms with E-state index in [0.29, 0.717) is 27.8 Å². The topological polar surface area (TPSA) is 92.8 Å². The number of aromatic amines is 1. The monoisotopic (exact) mass is 605 g/mol. The summed E-state index contributed by atoms with van der Waals surface area (Å²) in [6.07, 6.45) is -3.24. The van der Waals surface area contributed by atoms with Gasteiger partial charge in [0.1, 0.15) is 5.69 Å². The van der Waals surface area contributed by atoms with Gasteiger partial charge in [0.2, 0.25) is 0 Å². The molecule has 7 nitrogen and oxygen atoms in total. The predicted octanol–water partition coefficient (Wildman–Crippen LogP) is 7.81. The number of hydrogen-bond donors (Lipinski definition) is 2. The van der Waals surface area contributed by atoms with E-state index in [2.05, 4.69) is 15.5 Å². The van der Waals surface area contributed by atoms with E-state index in [4.69, 9.17) is 21.1 Å².